The second-order valence-corrected chi connectivity index (χ2v) is 7.70. The maximum atomic E-state index is 5.34. The van der Waals surface area contributed by atoms with Gasteiger partial charge < -0.3 is 29.6 Å². The van der Waals surface area contributed by atoms with E-state index in [1.54, 1.807) is 0 Å². The van der Waals surface area contributed by atoms with E-state index in [9.17, 15) is 0 Å². The summed E-state index contributed by atoms with van der Waals surface area (Å²) in [6.07, 6.45) is 2.04. The van der Waals surface area contributed by atoms with E-state index in [4.69, 9.17) is 18.9 Å². The molecule has 6 heteroatoms. The lowest BCUT2D eigenvalue weighted by molar-refractivity contribution is 0.173. The molecule has 6 nitrogen and oxygen atoms in total. The van der Waals surface area contributed by atoms with Crippen LogP contribution in [-0.2, 0) is 12.8 Å². The monoisotopic (exact) mass is 448 g/mol. The van der Waals surface area contributed by atoms with Crippen molar-refractivity contribution >= 4 is 0 Å². The first kappa shape index (κ1) is 25.8. The molecule has 0 amide bonds. The Labute approximate surface area is 196 Å². The Balaban J connectivity index is 0.000000566. The van der Waals surface area contributed by atoms with Crippen molar-refractivity contribution in [2.24, 2.45) is 0 Å². The molecule has 0 fully saturated rings. The molecule has 0 saturated heterocycles. The van der Waals surface area contributed by atoms with Crippen molar-refractivity contribution in [3.63, 3.8) is 0 Å². The molecular weight excluding hydrogens is 404 g/mol. The first-order valence-corrected chi connectivity index (χ1v) is 11.8. The zero-order valence-corrected chi connectivity index (χ0v) is 20.5. The Morgan fingerprint density at radius 1 is 0.688 bits per heavy atom. The summed E-state index contributed by atoms with van der Waals surface area (Å²) in [5.74, 6) is 3.46. The van der Waals surface area contributed by atoms with E-state index >= 15 is 0 Å². The van der Waals surface area contributed by atoms with Gasteiger partial charge in [-0.1, -0.05) is 39.8 Å². The molecule has 2 aromatic rings. The molecule has 0 bridgehead atoms. The van der Waals surface area contributed by atoms with Gasteiger partial charge in [0, 0.05) is 14.9 Å². The summed E-state index contributed by atoms with van der Waals surface area (Å²) in [6.45, 7) is 15.3. The van der Waals surface area contributed by atoms with E-state index in [2.05, 4.69) is 62.6 Å². The van der Waals surface area contributed by atoms with Crippen LogP contribution in [0.25, 0.3) is 0 Å². The normalized spacial score (nSPS) is 14.6. The van der Waals surface area contributed by atoms with Gasteiger partial charge in [-0.3, -0.25) is 0 Å². The zero-order chi connectivity index (χ0) is 23.3. The Hall–Kier alpha value is -2.44. The molecule has 0 radical (unpaired) electrons. The quantitative estimate of drug-likeness (QED) is 0.561. The molecule has 2 heterocycles. The van der Waals surface area contributed by atoms with Crippen LogP contribution in [0.4, 0.5) is 0 Å². The number of hydrogen-bond acceptors (Lipinski definition) is 6. The standard InChI is InChI=1S/2C12H17NO2.C2H6.2H2/c2*1-3-13-9(2)6-10-4-5-11-12(7-10)15-8-14-11;1-2;;/h2*4-5,7,9,13H,3,6,8H2,1-2H3;1-2H3;2*1H/t2*9-;;;/m10.../s1. The van der Waals surface area contributed by atoms with Crippen LogP contribution >= 0.6 is 0 Å². The van der Waals surface area contributed by atoms with Gasteiger partial charge in [-0.05, 0) is 75.2 Å². The van der Waals surface area contributed by atoms with Crippen LogP contribution in [0.1, 0.15) is 55.5 Å². The third-order valence-electron chi connectivity index (χ3n) is 5.06. The number of rotatable bonds is 8. The highest BCUT2D eigenvalue weighted by Gasteiger charge is 2.14. The van der Waals surface area contributed by atoms with Gasteiger partial charge in [0.1, 0.15) is 0 Å². The predicted octanol–water partition coefficient (Wildman–Crippen LogP) is 5.43. The van der Waals surface area contributed by atoms with Gasteiger partial charge in [0.05, 0.1) is 0 Å². The average Bonchev–Trinajstić information content (AvgIpc) is 3.44. The first-order valence-electron chi connectivity index (χ1n) is 11.8. The lowest BCUT2D eigenvalue weighted by atomic mass is 10.1. The minimum atomic E-state index is 0. The highest BCUT2D eigenvalue weighted by molar-refractivity contribution is 5.45. The van der Waals surface area contributed by atoms with Crippen LogP contribution in [0.2, 0.25) is 0 Å². The molecule has 2 aliphatic rings. The Kier molecular flexibility index (Phi) is 11.2. The molecule has 2 aliphatic heterocycles. The van der Waals surface area contributed by atoms with Crippen LogP contribution < -0.4 is 29.6 Å². The number of fused-ring (bicyclic) bond motifs is 2. The van der Waals surface area contributed by atoms with E-state index in [0.29, 0.717) is 25.7 Å². The Morgan fingerprint density at radius 2 is 1.06 bits per heavy atom. The molecule has 0 saturated carbocycles. The summed E-state index contributed by atoms with van der Waals surface area (Å²) >= 11 is 0. The van der Waals surface area contributed by atoms with Gasteiger partial charge in [0.15, 0.2) is 23.0 Å². The molecule has 2 N–H and O–H groups in total. The summed E-state index contributed by atoms with van der Waals surface area (Å²) in [6, 6.07) is 13.3. The SMILES string of the molecule is CC.CCN[C@@H](C)Cc1ccc2c(c1)OCO2.CCN[C@H](C)Cc1ccc2c(c1)OCO2.[HH].[HH]. The van der Waals surface area contributed by atoms with Gasteiger partial charge in [-0.25, -0.2) is 0 Å². The van der Waals surface area contributed by atoms with Crippen molar-refractivity contribution in [2.45, 2.75) is 66.5 Å². The minimum Gasteiger partial charge on any atom is -0.454 e. The van der Waals surface area contributed by atoms with Gasteiger partial charge in [-0.15, -0.1) is 0 Å². The van der Waals surface area contributed by atoms with Crippen LogP contribution in [0.5, 0.6) is 23.0 Å². The Bertz CT molecular complexity index is 756. The van der Waals surface area contributed by atoms with E-state index < -0.39 is 0 Å². The molecule has 2 atom stereocenters. The number of ether oxygens (including phenoxy) is 4. The largest absolute Gasteiger partial charge is 0.454 e. The second kappa shape index (κ2) is 13.9. The lowest BCUT2D eigenvalue weighted by Crippen LogP contribution is -2.27. The molecule has 0 spiro atoms. The van der Waals surface area contributed by atoms with E-state index in [1.165, 1.54) is 11.1 Å². The third kappa shape index (κ3) is 7.92. The van der Waals surface area contributed by atoms with Crippen LogP contribution in [0.15, 0.2) is 36.4 Å². The third-order valence-corrected chi connectivity index (χ3v) is 5.06. The molecule has 32 heavy (non-hydrogen) atoms. The maximum absolute atomic E-state index is 5.34. The summed E-state index contributed by atoms with van der Waals surface area (Å²) < 4.78 is 21.2. The smallest absolute Gasteiger partial charge is 0.231 e. The number of hydrogen-bond donors (Lipinski definition) is 2. The molecule has 2 aromatic carbocycles. The number of likely N-dealkylation sites (N-methyl/N-ethyl adjacent to an activating group) is 2. The fourth-order valence-electron chi connectivity index (χ4n) is 3.68. The number of benzene rings is 2. The summed E-state index contributed by atoms with van der Waals surface area (Å²) in [7, 11) is 0. The highest BCUT2D eigenvalue weighted by atomic mass is 16.7. The topological polar surface area (TPSA) is 61.0 Å². The summed E-state index contributed by atoms with van der Waals surface area (Å²) in [4.78, 5) is 0. The van der Waals surface area contributed by atoms with E-state index in [1.807, 2.05) is 26.0 Å². The van der Waals surface area contributed by atoms with E-state index in [0.717, 1.165) is 48.9 Å². The van der Waals surface area contributed by atoms with Gasteiger partial charge in [0.2, 0.25) is 13.6 Å². The van der Waals surface area contributed by atoms with Crippen molar-refractivity contribution < 1.29 is 21.8 Å². The molecule has 182 valence electrons. The maximum Gasteiger partial charge on any atom is 0.231 e. The minimum absolute atomic E-state index is 0. The Morgan fingerprint density at radius 3 is 1.44 bits per heavy atom. The first-order chi connectivity index (χ1) is 15.6. The second-order valence-electron chi connectivity index (χ2n) is 7.70. The molecule has 4 rings (SSSR count). The van der Waals surface area contributed by atoms with Crippen molar-refractivity contribution in [2.75, 3.05) is 26.7 Å². The van der Waals surface area contributed by atoms with Crippen LogP contribution in [0.3, 0.4) is 0 Å². The highest BCUT2D eigenvalue weighted by Crippen LogP contribution is 2.33. The average molecular weight is 449 g/mol. The van der Waals surface area contributed by atoms with Gasteiger partial charge in [-0.2, -0.15) is 0 Å². The zero-order valence-electron chi connectivity index (χ0n) is 20.5. The molecule has 0 unspecified atom stereocenters. The number of nitrogens with one attached hydrogen (secondary N) is 2. The lowest BCUT2D eigenvalue weighted by Gasteiger charge is -2.12. The van der Waals surface area contributed by atoms with Crippen molar-refractivity contribution in [3.05, 3.63) is 47.5 Å². The van der Waals surface area contributed by atoms with Gasteiger partial charge >= 0.3 is 0 Å². The molecular formula is C26H44N2O4. The predicted molar refractivity (Wildman–Crippen MR) is 134 cm³/mol. The fraction of sp³-hybridized carbons (Fsp3) is 0.538. The van der Waals surface area contributed by atoms with E-state index in [-0.39, 0.29) is 2.85 Å². The van der Waals surface area contributed by atoms with Crippen LogP contribution in [0, 0.1) is 0 Å². The molecule has 0 aliphatic carbocycles. The summed E-state index contributed by atoms with van der Waals surface area (Å²) in [5, 5.41) is 6.78. The van der Waals surface area contributed by atoms with Gasteiger partial charge in [0.25, 0.3) is 0 Å². The van der Waals surface area contributed by atoms with Crippen LogP contribution in [-0.4, -0.2) is 38.8 Å². The van der Waals surface area contributed by atoms with Crippen molar-refractivity contribution in [1.29, 1.82) is 0 Å². The molecule has 0 aromatic heterocycles. The fourth-order valence-corrected chi connectivity index (χ4v) is 3.68. The summed E-state index contributed by atoms with van der Waals surface area (Å²) in [5.41, 5.74) is 2.57. The van der Waals surface area contributed by atoms with Crippen molar-refractivity contribution in [1.82, 2.24) is 10.6 Å². The van der Waals surface area contributed by atoms with Crippen molar-refractivity contribution in [3.8, 4) is 23.0 Å².